The molecule has 34 heavy (non-hydrogen) atoms. The molecule has 6 heteroatoms. The molecule has 1 saturated carbocycles. The Hall–Kier alpha value is -3.51. The summed E-state index contributed by atoms with van der Waals surface area (Å²) in [5, 5.41) is 19.8. The molecule has 1 aliphatic carbocycles. The number of aromatic nitrogens is 1. The van der Waals surface area contributed by atoms with Crippen LogP contribution in [0.15, 0.2) is 73.1 Å². The quantitative estimate of drug-likeness (QED) is 0.509. The molecular weight excluding hydrogens is 428 g/mol. The summed E-state index contributed by atoms with van der Waals surface area (Å²) in [5.41, 5.74) is 3.55. The molecule has 3 aromatic rings. The molecule has 1 fully saturated rings. The zero-order valence-corrected chi connectivity index (χ0v) is 19.3. The number of pyridine rings is 1. The highest BCUT2D eigenvalue weighted by molar-refractivity contribution is 5.94. The molecule has 3 atom stereocenters. The first-order valence-corrected chi connectivity index (χ1v) is 11.7. The molecule has 0 radical (unpaired) electrons. The highest BCUT2D eigenvalue weighted by Gasteiger charge is 2.30. The van der Waals surface area contributed by atoms with Gasteiger partial charge in [-0.2, -0.15) is 0 Å². The van der Waals surface area contributed by atoms with Crippen molar-refractivity contribution in [3.63, 3.8) is 0 Å². The molecule has 0 spiro atoms. The minimum absolute atomic E-state index is 0.105. The van der Waals surface area contributed by atoms with Crippen molar-refractivity contribution in [2.24, 2.45) is 11.8 Å². The second-order valence-electron chi connectivity index (χ2n) is 9.24. The average molecular weight is 459 g/mol. The van der Waals surface area contributed by atoms with Crippen molar-refractivity contribution in [3.05, 3.63) is 101 Å². The largest absolute Gasteiger partial charge is 0.478 e. The van der Waals surface area contributed by atoms with E-state index in [0.29, 0.717) is 17.0 Å². The summed E-state index contributed by atoms with van der Waals surface area (Å²) < 4.78 is 0. The van der Waals surface area contributed by atoms with E-state index < -0.39 is 12.1 Å². The number of hydrogen-bond donors (Lipinski definition) is 2. The Morgan fingerprint density at radius 3 is 2.44 bits per heavy atom. The summed E-state index contributed by atoms with van der Waals surface area (Å²) in [7, 11) is 1.69. The van der Waals surface area contributed by atoms with Gasteiger partial charge in [-0.3, -0.25) is 9.78 Å². The molecule has 0 aliphatic heterocycles. The zero-order valence-electron chi connectivity index (χ0n) is 19.3. The van der Waals surface area contributed by atoms with Crippen molar-refractivity contribution >= 4 is 11.9 Å². The molecular formula is C28H30N2O4. The Morgan fingerprint density at radius 2 is 1.74 bits per heavy atom. The number of amides is 1. The third-order valence-electron chi connectivity index (χ3n) is 6.70. The van der Waals surface area contributed by atoms with Crippen LogP contribution in [0.3, 0.4) is 0 Å². The van der Waals surface area contributed by atoms with Gasteiger partial charge in [0.05, 0.1) is 11.7 Å². The number of benzene rings is 2. The van der Waals surface area contributed by atoms with Crippen molar-refractivity contribution in [1.29, 1.82) is 0 Å². The van der Waals surface area contributed by atoms with E-state index in [2.05, 4.69) is 4.98 Å². The van der Waals surface area contributed by atoms with Crippen LogP contribution in [0.5, 0.6) is 0 Å². The van der Waals surface area contributed by atoms with Gasteiger partial charge in [0.15, 0.2) is 0 Å². The summed E-state index contributed by atoms with van der Waals surface area (Å²) >= 11 is 0. The Labute approximate surface area is 199 Å². The van der Waals surface area contributed by atoms with Crippen LogP contribution in [0.2, 0.25) is 0 Å². The van der Waals surface area contributed by atoms with Gasteiger partial charge in [0, 0.05) is 31.5 Å². The van der Waals surface area contributed by atoms with E-state index in [0.717, 1.165) is 31.2 Å². The molecule has 6 nitrogen and oxygen atoms in total. The highest BCUT2D eigenvalue weighted by atomic mass is 16.4. The number of aliphatic hydroxyl groups excluding tert-OH is 1. The first kappa shape index (κ1) is 23.6. The Morgan fingerprint density at radius 1 is 1.00 bits per heavy atom. The molecule has 2 aromatic carbocycles. The Kier molecular flexibility index (Phi) is 7.38. The van der Waals surface area contributed by atoms with E-state index in [1.807, 2.05) is 54.6 Å². The van der Waals surface area contributed by atoms with Gasteiger partial charge in [0.1, 0.15) is 0 Å². The average Bonchev–Trinajstić information content (AvgIpc) is 3.32. The second kappa shape index (κ2) is 10.6. The standard InChI is InChI=1S/C28H30N2O4/c1-30(18-21-15-25(28(33)34)17-29-16-21)27(32)23-10-7-19(8-11-23)13-20-9-12-24(14-20)26(31)22-5-3-2-4-6-22/h2-8,10-11,15-17,20,24,26,31H,9,12-14,18H2,1H3,(H,33,34)/t20-,24-,26+/m0/s1. The van der Waals surface area contributed by atoms with E-state index >= 15 is 0 Å². The number of rotatable bonds is 8. The Bertz CT molecular complexity index is 1130. The van der Waals surface area contributed by atoms with Crippen LogP contribution in [-0.2, 0) is 13.0 Å². The molecule has 2 N–H and O–H groups in total. The van der Waals surface area contributed by atoms with Gasteiger partial charge >= 0.3 is 5.97 Å². The fourth-order valence-corrected chi connectivity index (χ4v) is 4.88. The van der Waals surface area contributed by atoms with Crippen molar-refractivity contribution in [2.45, 2.75) is 38.3 Å². The summed E-state index contributed by atoms with van der Waals surface area (Å²) in [5.74, 6) is -0.348. The summed E-state index contributed by atoms with van der Waals surface area (Å²) in [6.07, 6.45) is 6.53. The van der Waals surface area contributed by atoms with Crippen molar-refractivity contribution in [1.82, 2.24) is 9.88 Å². The number of carbonyl (C=O) groups is 2. The zero-order chi connectivity index (χ0) is 24.1. The predicted octanol–water partition coefficient (Wildman–Crippen LogP) is 4.74. The van der Waals surface area contributed by atoms with Crippen LogP contribution in [0, 0.1) is 11.8 Å². The monoisotopic (exact) mass is 458 g/mol. The van der Waals surface area contributed by atoms with Gasteiger partial charge in [0.2, 0.25) is 0 Å². The molecule has 1 aromatic heterocycles. The van der Waals surface area contributed by atoms with Gasteiger partial charge < -0.3 is 15.1 Å². The van der Waals surface area contributed by atoms with Crippen LogP contribution in [0.1, 0.15) is 62.8 Å². The van der Waals surface area contributed by atoms with Gasteiger partial charge in [-0.05, 0) is 72.4 Å². The van der Waals surface area contributed by atoms with Gasteiger partial charge in [0.25, 0.3) is 5.91 Å². The number of hydrogen-bond acceptors (Lipinski definition) is 4. The van der Waals surface area contributed by atoms with Gasteiger partial charge in [-0.15, -0.1) is 0 Å². The SMILES string of the molecule is CN(Cc1cncc(C(=O)O)c1)C(=O)c1ccc(C[C@@H]2CC[C@H]([C@H](O)c3ccccc3)C2)cc1. The number of carbonyl (C=O) groups excluding carboxylic acids is 1. The maximum atomic E-state index is 12.8. The molecule has 1 heterocycles. The third-order valence-corrected chi connectivity index (χ3v) is 6.70. The third kappa shape index (κ3) is 5.69. The Balaban J connectivity index is 1.32. The minimum Gasteiger partial charge on any atom is -0.478 e. The predicted molar refractivity (Wildman–Crippen MR) is 129 cm³/mol. The summed E-state index contributed by atoms with van der Waals surface area (Å²) in [6.45, 7) is 0.280. The first-order valence-electron chi connectivity index (χ1n) is 11.7. The van der Waals surface area contributed by atoms with E-state index in [4.69, 9.17) is 5.11 Å². The number of aromatic carboxylic acids is 1. The van der Waals surface area contributed by atoms with Gasteiger partial charge in [-0.1, -0.05) is 42.5 Å². The van der Waals surface area contributed by atoms with Crippen molar-refractivity contribution in [2.75, 3.05) is 7.05 Å². The molecule has 176 valence electrons. The maximum absolute atomic E-state index is 12.8. The minimum atomic E-state index is -1.04. The molecule has 0 bridgehead atoms. The lowest BCUT2D eigenvalue weighted by Crippen LogP contribution is -2.26. The normalized spacial score (nSPS) is 18.4. The fourth-order valence-electron chi connectivity index (χ4n) is 4.88. The van der Waals surface area contributed by atoms with Crippen LogP contribution >= 0.6 is 0 Å². The molecule has 1 amide bonds. The van der Waals surface area contributed by atoms with E-state index in [9.17, 15) is 14.7 Å². The van der Waals surface area contributed by atoms with Crippen LogP contribution in [0.25, 0.3) is 0 Å². The number of nitrogens with zero attached hydrogens (tertiary/aromatic N) is 2. The van der Waals surface area contributed by atoms with Crippen LogP contribution in [-0.4, -0.2) is 39.0 Å². The first-order chi connectivity index (χ1) is 16.4. The number of aliphatic hydroxyl groups is 1. The van der Waals surface area contributed by atoms with Crippen LogP contribution in [0.4, 0.5) is 0 Å². The summed E-state index contributed by atoms with van der Waals surface area (Å²) in [4.78, 5) is 29.5. The topological polar surface area (TPSA) is 90.7 Å². The lowest BCUT2D eigenvalue weighted by molar-refractivity contribution is 0.0696. The van der Waals surface area contributed by atoms with E-state index in [1.54, 1.807) is 18.1 Å². The second-order valence-corrected chi connectivity index (χ2v) is 9.24. The molecule has 0 saturated heterocycles. The van der Waals surface area contributed by atoms with Gasteiger partial charge in [-0.25, -0.2) is 4.79 Å². The molecule has 1 aliphatic rings. The van der Waals surface area contributed by atoms with Crippen LogP contribution < -0.4 is 0 Å². The molecule has 0 unspecified atom stereocenters. The summed E-state index contributed by atoms with van der Waals surface area (Å²) in [6, 6.07) is 19.1. The highest BCUT2D eigenvalue weighted by Crippen LogP contribution is 2.40. The number of carboxylic acids is 1. The van der Waals surface area contributed by atoms with Crippen molar-refractivity contribution in [3.8, 4) is 0 Å². The number of carboxylic acid groups (broad SMARTS) is 1. The lowest BCUT2D eigenvalue weighted by Gasteiger charge is -2.19. The van der Waals surface area contributed by atoms with E-state index in [-0.39, 0.29) is 23.9 Å². The fraction of sp³-hybridized carbons (Fsp3) is 0.321. The lowest BCUT2D eigenvalue weighted by atomic mass is 9.91. The smallest absolute Gasteiger partial charge is 0.337 e. The van der Waals surface area contributed by atoms with E-state index in [1.165, 1.54) is 17.8 Å². The maximum Gasteiger partial charge on any atom is 0.337 e. The molecule has 4 rings (SSSR count). The van der Waals surface area contributed by atoms with Crippen molar-refractivity contribution < 1.29 is 19.8 Å².